The third-order valence-electron chi connectivity index (χ3n) is 5.58. The van der Waals surface area contributed by atoms with E-state index in [0.29, 0.717) is 36.1 Å². The molecule has 5 rings (SSSR count). The van der Waals surface area contributed by atoms with E-state index in [4.69, 9.17) is 10.00 Å². The molecule has 29 heavy (non-hydrogen) atoms. The van der Waals surface area contributed by atoms with Crippen molar-refractivity contribution in [3.63, 3.8) is 0 Å². The van der Waals surface area contributed by atoms with Gasteiger partial charge >= 0.3 is 0 Å². The van der Waals surface area contributed by atoms with E-state index in [-0.39, 0.29) is 11.9 Å². The lowest BCUT2D eigenvalue weighted by atomic mass is 9.91. The van der Waals surface area contributed by atoms with Gasteiger partial charge in [-0.3, -0.25) is 9.89 Å². The number of carbonyl (C=O) groups excluding carboxylic acids is 1. The number of hydrogen-bond acceptors (Lipinski definition) is 5. The molecule has 144 valence electrons. The van der Waals surface area contributed by atoms with Gasteiger partial charge in [0.25, 0.3) is 5.91 Å². The summed E-state index contributed by atoms with van der Waals surface area (Å²) in [6, 6.07) is 19.1. The van der Waals surface area contributed by atoms with Crippen LogP contribution in [0, 0.1) is 17.4 Å². The van der Waals surface area contributed by atoms with Gasteiger partial charge < -0.3 is 14.5 Å². The second-order valence-electron chi connectivity index (χ2n) is 7.37. The molecule has 7 nitrogen and oxygen atoms in total. The first-order valence-electron chi connectivity index (χ1n) is 9.56. The molecule has 3 aromatic rings. The standard InChI is InChI=1S/C22H19N5O2/c23-14-26-11-15-12-27(20(15)13-26)22(28)19-10-18(24-25-19)17-8-4-5-9-21(17)29-16-6-2-1-3-7-16/h1-10,15,20H,11-13H2,(H,24,25)/t15?,20-/m0/s1. The summed E-state index contributed by atoms with van der Waals surface area (Å²) >= 11 is 0. The Morgan fingerprint density at radius 3 is 2.72 bits per heavy atom. The molecule has 2 saturated heterocycles. The number of H-pyrrole nitrogens is 1. The number of carbonyl (C=O) groups is 1. The van der Waals surface area contributed by atoms with Crippen molar-refractivity contribution >= 4 is 5.91 Å². The molecule has 2 fully saturated rings. The normalized spacial score (nSPS) is 20.0. The third kappa shape index (κ3) is 3.09. The number of likely N-dealkylation sites (tertiary alicyclic amines) is 2. The van der Waals surface area contributed by atoms with Crippen LogP contribution in [0.3, 0.4) is 0 Å². The summed E-state index contributed by atoms with van der Waals surface area (Å²) in [5.41, 5.74) is 1.91. The summed E-state index contributed by atoms with van der Waals surface area (Å²) in [6.07, 6.45) is 2.18. The lowest BCUT2D eigenvalue weighted by Gasteiger charge is -2.42. The number of rotatable bonds is 4. The molecule has 0 radical (unpaired) electrons. The predicted octanol–water partition coefficient (Wildman–Crippen LogP) is 3.11. The number of aromatic nitrogens is 2. The molecule has 1 aromatic heterocycles. The average molecular weight is 385 g/mol. The van der Waals surface area contributed by atoms with Gasteiger partial charge in [0.15, 0.2) is 6.19 Å². The summed E-state index contributed by atoms with van der Waals surface area (Å²) in [4.78, 5) is 16.5. The van der Waals surface area contributed by atoms with Crippen molar-refractivity contribution in [1.82, 2.24) is 20.0 Å². The number of nitrogens with one attached hydrogen (secondary N) is 1. The Morgan fingerprint density at radius 2 is 1.90 bits per heavy atom. The number of para-hydroxylation sites is 2. The van der Waals surface area contributed by atoms with Gasteiger partial charge in [0.1, 0.15) is 17.2 Å². The highest BCUT2D eigenvalue weighted by Crippen LogP contribution is 2.35. The third-order valence-corrected chi connectivity index (χ3v) is 5.58. The molecule has 1 N–H and O–H groups in total. The quantitative estimate of drug-likeness (QED) is 0.698. The van der Waals surface area contributed by atoms with Crippen molar-refractivity contribution in [2.24, 2.45) is 5.92 Å². The summed E-state index contributed by atoms with van der Waals surface area (Å²) in [5, 5.41) is 16.3. The van der Waals surface area contributed by atoms with Crippen LogP contribution in [0.4, 0.5) is 0 Å². The van der Waals surface area contributed by atoms with Crippen LogP contribution < -0.4 is 4.74 Å². The lowest BCUT2D eigenvalue weighted by Crippen LogP contribution is -2.58. The zero-order chi connectivity index (χ0) is 19.8. The van der Waals surface area contributed by atoms with Crippen molar-refractivity contribution in [1.29, 1.82) is 5.26 Å². The van der Waals surface area contributed by atoms with Crippen molar-refractivity contribution < 1.29 is 9.53 Å². The number of nitrogens with zero attached hydrogens (tertiary/aromatic N) is 4. The lowest BCUT2D eigenvalue weighted by molar-refractivity contribution is 0.0321. The van der Waals surface area contributed by atoms with Gasteiger partial charge in [-0.1, -0.05) is 30.3 Å². The van der Waals surface area contributed by atoms with Crippen LogP contribution in [-0.2, 0) is 0 Å². The molecular formula is C22H19N5O2. The maximum atomic E-state index is 12.9. The van der Waals surface area contributed by atoms with E-state index >= 15 is 0 Å². The zero-order valence-electron chi connectivity index (χ0n) is 15.7. The van der Waals surface area contributed by atoms with Crippen LogP contribution in [0.2, 0.25) is 0 Å². The van der Waals surface area contributed by atoms with Crippen LogP contribution >= 0.6 is 0 Å². The molecule has 2 aliphatic rings. The molecule has 1 unspecified atom stereocenters. The fourth-order valence-electron chi connectivity index (χ4n) is 4.06. The fourth-order valence-corrected chi connectivity index (χ4v) is 4.06. The SMILES string of the molecule is N#CN1CC2CN(C(=O)c3cc(-c4ccccc4Oc4ccccc4)n[nH]3)[C@H]2C1. The van der Waals surface area contributed by atoms with Gasteiger partial charge in [-0.05, 0) is 30.3 Å². The highest BCUT2D eigenvalue weighted by Gasteiger charge is 2.48. The Kier molecular flexibility index (Phi) is 4.17. The van der Waals surface area contributed by atoms with E-state index in [0.717, 1.165) is 17.9 Å². The molecule has 0 saturated carbocycles. The Labute approximate surface area is 168 Å². The second-order valence-corrected chi connectivity index (χ2v) is 7.37. The number of ether oxygens (including phenoxy) is 1. The average Bonchev–Trinajstić information content (AvgIpc) is 3.35. The maximum absolute atomic E-state index is 12.9. The molecule has 2 aromatic carbocycles. The topological polar surface area (TPSA) is 85.2 Å². The van der Waals surface area contributed by atoms with Crippen molar-refractivity contribution in [2.45, 2.75) is 6.04 Å². The van der Waals surface area contributed by atoms with E-state index in [1.165, 1.54) is 0 Å². The van der Waals surface area contributed by atoms with Gasteiger partial charge in [-0.2, -0.15) is 10.4 Å². The molecule has 1 amide bonds. The van der Waals surface area contributed by atoms with E-state index in [1.54, 1.807) is 11.0 Å². The zero-order valence-corrected chi connectivity index (χ0v) is 15.7. The highest BCUT2D eigenvalue weighted by atomic mass is 16.5. The molecule has 2 atom stereocenters. The van der Waals surface area contributed by atoms with E-state index in [1.807, 2.05) is 59.5 Å². The van der Waals surface area contributed by atoms with Gasteiger partial charge in [0.05, 0.1) is 11.7 Å². The molecule has 0 bridgehead atoms. The largest absolute Gasteiger partial charge is 0.457 e. The minimum absolute atomic E-state index is 0.0775. The van der Waals surface area contributed by atoms with Crippen molar-refractivity contribution in [3.05, 3.63) is 66.4 Å². The van der Waals surface area contributed by atoms with Crippen LogP contribution in [0.25, 0.3) is 11.3 Å². The molecular weight excluding hydrogens is 366 g/mol. The fraction of sp³-hybridized carbons (Fsp3) is 0.227. The van der Waals surface area contributed by atoms with Crippen molar-refractivity contribution in [3.8, 4) is 28.9 Å². The van der Waals surface area contributed by atoms with Crippen molar-refractivity contribution in [2.75, 3.05) is 19.6 Å². The Bertz CT molecular complexity index is 1090. The van der Waals surface area contributed by atoms with Crippen LogP contribution in [0.15, 0.2) is 60.7 Å². The number of hydrogen-bond donors (Lipinski definition) is 1. The highest BCUT2D eigenvalue weighted by molar-refractivity contribution is 5.94. The first kappa shape index (κ1) is 17.3. The van der Waals surface area contributed by atoms with Crippen LogP contribution in [0.1, 0.15) is 10.5 Å². The Morgan fingerprint density at radius 1 is 1.10 bits per heavy atom. The smallest absolute Gasteiger partial charge is 0.272 e. The summed E-state index contributed by atoms with van der Waals surface area (Å²) in [6.45, 7) is 2.04. The molecule has 3 heterocycles. The van der Waals surface area contributed by atoms with E-state index in [9.17, 15) is 4.79 Å². The predicted molar refractivity (Wildman–Crippen MR) is 106 cm³/mol. The molecule has 2 aliphatic heterocycles. The molecule has 0 aliphatic carbocycles. The molecule has 0 spiro atoms. The van der Waals surface area contributed by atoms with E-state index < -0.39 is 0 Å². The van der Waals surface area contributed by atoms with Gasteiger partial charge in [0.2, 0.25) is 0 Å². The second kappa shape index (κ2) is 6.99. The van der Waals surface area contributed by atoms with Crippen LogP contribution in [-0.4, -0.2) is 51.6 Å². The number of aromatic amines is 1. The molecule has 7 heteroatoms. The first-order valence-corrected chi connectivity index (χ1v) is 9.56. The number of fused-ring (bicyclic) bond motifs is 1. The van der Waals surface area contributed by atoms with Gasteiger partial charge in [0, 0.05) is 31.1 Å². The van der Waals surface area contributed by atoms with Crippen LogP contribution in [0.5, 0.6) is 11.5 Å². The number of benzene rings is 2. The Hall–Kier alpha value is -3.79. The first-order chi connectivity index (χ1) is 14.2. The minimum Gasteiger partial charge on any atom is -0.457 e. The summed E-state index contributed by atoms with van der Waals surface area (Å²) in [7, 11) is 0. The van der Waals surface area contributed by atoms with E-state index in [2.05, 4.69) is 16.4 Å². The van der Waals surface area contributed by atoms with Gasteiger partial charge in [-0.15, -0.1) is 0 Å². The van der Waals surface area contributed by atoms with Gasteiger partial charge in [-0.25, -0.2) is 0 Å². The monoisotopic (exact) mass is 385 g/mol. The summed E-state index contributed by atoms with van der Waals surface area (Å²) in [5.74, 6) is 1.72. The summed E-state index contributed by atoms with van der Waals surface area (Å²) < 4.78 is 6.01. The Balaban J connectivity index is 1.36. The number of amides is 1. The number of nitriles is 1. The minimum atomic E-state index is -0.0775. The maximum Gasteiger partial charge on any atom is 0.272 e.